The maximum absolute atomic E-state index is 12.6. The zero-order valence-corrected chi connectivity index (χ0v) is 17.3. The minimum atomic E-state index is -0.225. The molecular weight excluding hydrogens is 380 g/mol. The van der Waals surface area contributed by atoms with E-state index in [4.69, 9.17) is 0 Å². The van der Waals surface area contributed by atoms with Gasteiger partial charge in [-0.15, -0.1) is 11.8 Å². The summed E-state index contributed by atoms with van der Waals surface area (Å²) in [7, 11) is 0. The summed E-state index contributed by atoms with van der Waals surface area (Å²) in [4.78, 5) is 26.1. The van der Waals surface area contributed by atoms with E-state index in [1.54, 1.807) is 0 Å². The van der Waals surface area contributed by atoms with E-state index in [2.05, 4.69) is 10.6 Å². The van der Waals surface area contributed by atoms with Gasteiger partial charge in [0.1, 0.15) is 0 Å². The van der Waals surface area contributed by atoms with Crippen molar-refractivity contribution in [3.05, 3.63) is 90.0 Å². The van der Waals surface area contributed by atoms with Crippen molar-refractivity contribution >= 4 is 35.0 Å². The third-order valence-corrected chi connectivity index (χ3v) is 5.82. The molecule has 1 unspecified atom stereocenters. The van der Waals surface area contributed by atoms with Gasteiger partial charge in [-0.25, -0.2) is 0 Å². The molecule has 0 heterocycles. The van der Waals surface area contributed by atoms with Crippen LogP contribution in [0.25, 0.3) is 0 Å². The highest BCUT2D eigenvalue weighted by Gasteiger charge is 2.18. The molecule has 0 saturated carbocycles. The summed E-state index contributed by atoms with van der Waals surface area (Å²) < 4.78 is 0. The summed E-state index contributed by atoms with van der Waals surface area (Å²) in [6.07, 6.45) is 0.698. The molecule has 29 heavy (non-hydrogen) atoms. The van der Waals surface area contributed by atoms with Gasteiger partial charge in [0.2, 0.25) is 5.91 Å². The number of aryl methyl sites for hydroxylation is 1. The highest BCUT2D eigenvalue weighted by atomic mass is 32.2. The van der Waals surface area contributed by atoms with Gasteiger partial charge in [0.05, 0.1) is 5.25 Å². The van der Waals surface area contributed by atoms with Crippen LogP contribution in [-0.2, 0) is 4.79 Å². The van der Waals surface area contributed by atoms with Gasteiger partial charge in [0.15, 0.2) is 0 Å². The molecule has 148 valence electrons. The zero-order chi connectivity index (χ0) is 20.6. The Hall–Kier alpha value is -3.05. The monoisotopic (exact) mass is 404 g/mol. The van der Waals surface area contributed by atoms with Gasteiger partial charge in [0.25, 0.3) is 5.91 Å². The van der Waals surface area contributed by atoms with Crippen molar-refractivity contribution in [2.45, 2.75) is 30.4 Å². The molecule has 0 aliphatic rings. The predicted octanol–water partition coefficient (Wildman–Crippen LogP) is 5.76. The molecule has 0 radical (unpaired) electrons. The molecular formula is C24H24N2O2S. The molecule has 5 heteroatoms. The molecule has 4 nitrogen and oxygen atoms in total. The highest BCUT2D eigenvalue weighted by molar-refractivity contribution is 8.00. The second-order valence-electron chi connectivity index (χ2n) is 6.67. The first kappa shape index (κ1) is 20.7. The molecule has 0 aliphatic heterocycles. The fourth-order valence-electron chi connectivity index (χ4n) is 2.90. The van der Waals surface area contributed by atoms with Crippen LogP contribution < -0.4 is 10.6 Å². The fourth-order valence-corrected chi connectivity index (χ4v) is 3.92. The number of hydrogen-bond acceptors (Lipinski definition) is 3. The Morgan fingerprint density at radius 3 is 2.28 bits per heavy atom. The van der Waals surface area contributed by atoms with E-state index in [1.165, 1.54) is 11.8 Å². The molecule has 2 amide bonds. The molecule has 3 aromatic rings. The van der Waals surface area contributed by atoms with E-state index in [9.17, 15) is 9.59 Å². The van der Waals surface area contributed by atoms with E-state index in [0.29, 0.717) is 17.7 Å². The van der Waals surface area contributed by atoms with E-state index >= 15 is 0 Å². The summed E-state index contributed by atoms with van der Waals surface area (Å²) in [6.45, 7) is 3.91. The summed E-state index contributed by atoms with van der Waals surface area (Å²) in [5.74, 6) is -0.169. The molecule has 2 N–H and O–H groups in total. The number of hydrogen-bond donors (Lipinski definition) is 2. The second kappa shape index (κ2) is 9.94. The first-order valence-corrected chi connectivity index (χ1v) is 10.4. The van der Waals surface area contributed by atoms with E-state index in [-0.39, 0.29) is 17.1 Å². The molecule has 3 aromatic carbocycles. The summed E-state index contributed by atoms with van der Waals surface area (Å²) in [6, 6.07) is 24.5. The van der Waals surface area contributed by atoms with Crippen LogP contribution in [0.15, 0.2) is 83.8 Å². The average Bonchev–Trinajstić information content (AvgIpc) is 2.73. The summed E-state index contributed by atoms with van der Waals surface area (Å²) in [5.41, 5.74) is 3.08. The normalized spacial score (nSPS) is 11.5. The smallest absolute Gasteiger partial charge is 0.255 e. The SMILES string of the molecule is CCC(Sc1cccc(NC(=O)c2ccccc2C)c1)C(=O)Nc1ccccc1. The third kappa shape index (κ3) is 5.72. The number of anilines is 2. The lowest BCUT2D eigenvalue weighted by molar-refractivity contribution is -0.115. The minimum absolute atomic E-state index is 0.0296. The summed E-state index contributed by atoms with van der Waals surface area (Å²) >= 11 is 1.49. The highest BCUT2D eigenvalue weighted by Crippen LogP contribution is 2.28. The Balaban J connectivity index is 1.67. The van der Waals surface area contributed by atoms with Crippen LogP contribution in [0.1, 0.15) is 29.3 Å². The van der Waals surface area contributed by atoms with Crippen molar-refractivity contribution in [3.8, 4) is 0 Å². The standard InChI is InChI=1S/C24H24N2O2S/c1-3-22(24(28)25-18-11-5-4-6-12-18)29-20-14-9-13-19(16-20)26-23(27)21-15-8-7-10-17(21)2/h4-16,22H,3H2,1-2H3,(H,25,28)(H,26,27). The van der Waals surface area contributed by atoms with Crippen LogP contribution in [0.4, 0.5) is 11.4 Å². The molecule has 0 fully saturated rings. The molecule has 0 saturated heterocycles. The van der Waals surface area contributed by atoms with Crippen LogP contribution in [0.2, 0.25) is 0 Å². The average molecular weight is 405 g/mol. The molecule has 0 aromatic heterocycles. The maximum atomic E-state index is 12.6. The number of para-hydroxylation sites is 1. The Labute approximate surface area is 175 Å². The van der Waals surface area contributed by atoms with Crippen LogP contribution in [0.5, 0.6) is 0 Å². The third-order valence-electron chi connectivity index (χ3n) is 4.46. The van der Waals surface area contributed by atoms with Crippen LogP contribution in [0.3, 0.4) is 0 Å². The van der Waals surface area contributed by atoms with Crippen molar-refractivity contribution in [2.24, 2.45) is 0 Å². The number of carbonyl (C=O) groups is 2. The molecule has 3 rings (SSSR count). The number of thioether (sulfide) groups is 1. The number of carbonyl (C=O) groups excluding carboxylic acids is 2. The maximum Gasteiger partial charge on any atom is 0.255 e. The largest absolute Gasteiger partial charge is 0.325 e. The number of amides is 2. The lowest BCUT2D eigenvalue weighted by atomic mass is 10.1. The molecule has 0 bridgehead atoms. The quantitative estimate of drug-likeness (QED) is 0.493. The number of nitrogens with one attached hydrogen (secondary N) is 2. The van der Waals surface area contributed by atoms with Crippen molar-refractivity contribution in [3.63, 3.8) is 0 Å². The fraction of sp³-hybridized carbons (Fsp3) is 0.167. The van der Waals surface area contributed by atoms with Gasteiger partial charge in [-0.1, -0.05) is 49.4 Å². The number of rotatable bonds is 7. The topological polar surface area (TPSA) is 58.2 Å². The van der Waals surface area contributed by atoms with E-state index < -0.39 is 0 Å². The molecule has 1 atom stereocenters. The van der Waals surface area contributed by atoms with Crippen LogP contribution >= 0.6 is 11.8 Å². The van der Waals surface area contributed by atoms with Gasteiger partial charge in [0, 0.05) is 21.8 Å². The summed E-state index contributed by atoms with van der Waals surface area (Å²) in [5, 5.41) is 5.68. The predicted molar refractivity (Wildman–Crippen MR) is 121 cm³/mol. The lowest BCUT2D eigenvalue weighted by Crippen LogP contribution is -2.24. The number of benzene rings is 3. The van der Waals surface area contributed by atoms with Crippen LogP contribution in [-0.4, -0.2) is 17.1 Å². The van der Waals surface area contributed by atoms with Gasteiger partial charge in [-0.05, 0) is 55.3 Å². The van der Waals surface area contributed by atoms with E-state index in [0.717, 1.165) is 16.1 Å². The zero-order valence-electron chi connectivity index (χ0n) is 16.5. The van der Waals surface area contributed by atoms with Gasteiger partial charge in [-0.2, -0.15) is 0 Å². The van der Waals surface area contributed by atoms with Crippen molar-refractivity contribution in [2.75, 3.05) is 10.6 Å². The Morgan fingerprint density at radius 1 is 0.862 bits per heavy atom. The molecule has 0 aliphatic carbocycles. The van der Waals surface area contributed by atoms with Crippen molar-refractivity contribution < 1.29 is 9.59 Å². The van der Waals surface area contributed by atoms with Gasteiger partial charge >= 0.3 is 0 Å². The first-order valence-electron chi connectivity index (χ1n) is 9.56. The van der Waals surface area contributed by atoms with Crippen molar-refractivity contribution in [1.82, 2.24) is 0 Å². The first-order chi connectivity index (χ1) is 14.1. The molecule has 0 spiro atoms. The Morgan fingerprint density at radius 2 is 1.55 bits per heavy atom. The van der Waals surface area contributed by atoms with Crippen molar-refractivity contribution in [1.29, 1.82) is 0 Å². The minimum Gasteiger partial charge on any atom is -0.325 e. The Bertz CT molecular complexity index is 989. The Kier molecular flexibility index (Phi) is 7.09. The lowest BCUT2D eigenvalue weighted by Gasteiger charge is -2.15. The van der Waals surface area contributed by atoms with Gasteiger partial charge < -0.3 is 10.6 Å². The van der Waals surface area contributed by atoms with E-state index in [1.807, 2.05) is 92.7 Å². The van der Waals surface area contributed by atoms with Crippen LogP contribution in [0, 0.1) is 6.92 Å². The van der Waals surface area contributed by atoms with Gasteiger partial charge in [-0.3, -0.25) is 9.59 Å². The second-order valence-corrected chi connectivity index (χ2v) is 7.94.